The van der Waals surface area contributed by atoms with Crippen molar-refractivity contribution in [3.8, 4) is 0 Å². The van der Waals surface area contributed by atoms with Gasteiger partial charge in [-0.25, -0.2) is 0 Å². The van der Waals surface area contributed by atoms with Crippen LogP contribution in [0, 0.1) is 5.92 Å². The van der Waals surface area contributed by atoms with E-state index in [-0.39, 0.29) is 6.04 Å². The summed E-state index contributed by atoms with van der Waals surface area (Å²) in [6.07, 6.45) is 1.31. The fourth-order valence-electron chi connectivity index (χ4n) is 2.81. The van der Waals surface area contributed by atoms with E-state index in [0.717, 1.165) is 24.1 Å². The molecule has 0 bridgehead atoms. The predicted octanol–water partition coefficient (Wildman–Crippen LogP) is 3.94. The summed E-state index contributed by atoms with van der Waals surface area (Å²) >= 11 is 0. The molecule has 0 amide bonds. The Morgan fingerprint density at radius 2 is 1.76 bits per heavy atom. The zero-order valence-corrected chi connectivity index (χ0v) is 13.5. The van der Waals surface area contributed by atoms with Crippen LogP contribution in [0.1, 0.15) is 56.8 Å². The number of rotatable bonds is 6. The van der Waals surface area contributed by atoms with Gasteiger partial charge >= 0.3 is 0 Å². The van der Waals surface area contributed by atoms with Gasteiger partial charge in [0.2, 0.25) is 0 Å². The maximum Gasteiger partial charge on any atom is 0.102 e. The molecule has 21 heavy (non-hydrogen) atoms. The molecule has 0 spiro atoms. The second-order valence-corrected chi connectivity index (χ2v) is 5.87. The zero-order valence-electron chi connectivity index (χ0n) is 13.5. The summed E-state index contributed by atoms with van der Waals surface area (Å²) in [4.78, 5) is 0. The smallest absolute Gasteiger partial charge is 0.102 e. The van der Waals surface area contributed by atoms with Crippen LogP contribution in [0.3, 0.4) is 0 Å². The monoisotopic (exact) mass is 286 g/mol. The highest BCUT2D eigenvalue weighted by atomic mass is 16.3. The van der Waals surface area contributed by atoms with Gasteiger partial charge in [0.15, 0.2) is 0 Å². The Balaban J connectivity index is 2.42. The number of hydrogen-bond acceptors (Lipinski definition) is 2. The lowest BCUT2D eigenvalue weighted by Crippen LogP contribution is -2.25. The van der Waals surface area contributed by atoms with Crippen LogP contribution < -0.4 is 0 Å². The molecule has 114 valence electrons. The highest BCUT2D eigenvalue weighted by Crippen LogP contribution is 2.33. The minimum absolute atomic E-state index is 0.0392. The van der Waals surface area contributed by atoms with Gasteiger partial charge in [-0.2, -0.15) is 5.10 Å². The molecule has 1 aromatic heterocycles. The van der Waals surface area contributed by atoms with Gasteiger partial charge in [0, 0.05) is 5.69 Å². The lowest BCUT2D eigenvalue weighted by molar-refractivity contribution is 0.0782. The van der Waals surface area contributed by atoms with E-state index in [2.05, 4.69) is 33.8 Å². The van der Waals surface area contributed by atoms with E-state index in [1.165, 1.54) is 5.69 Å². The number of nitrogens with zero attached hydrogens (tertiary/aromatic N) is 2. The van der Waals surface area contributed by atoms with E-state index >= 15 is 0 Å². The lowest BCUT2D eigenvalue weighted by Gasteiger charge is -2.28. The third-order valence-corrected chi connectivity index (χ3v) is 4.02. The molecule has 1 heterocycles. The predicted molar refractivity (Wildman–Crippen MR) is 86.3 cm³/mol. The summed E-state index contributed by atoms with van der Waals surface area (Å²) in [6, 6.07) is 12.0. The second kappa shape index (κ2) is 6.90. The van der Waals surface area contributed by atoms with Crippen LogP contribution in [-0.4, -0.2) is 14.9 Å². The van der Waals surface area contributed by atoms with Gasteiger partial charge in [0.05, 0.1) is 11.7 Å². The Kier molecular flexibility index (Phi) is 5.18. The second-order valence-electron chi connectivity index (χ2n) is 5.87. The van der Waals surface area contributed by atoms with Crippen LogP contribution in [0.4, 0.5) is 0 Å². The zero-order chi connectivity index (χ0) is 15.4. The van der Waals surface area contributed by atoms with Crippen molar-refractivity contribution in [1.82, 2.24) is 9.78 Å². The highest BCUT2D eigenvalue weighted by molar-refractivity contribution is 5.20. The molecule has 3 heteroatoms. The minimum Gasteiger partial charge on any atom is -0.386 e. The summed E-state index contributed by atoms with van der Waals surface area (Å²) < 4.78 is 2.04. The summed E-state index contributed by atoms with van der Waals surface area (Å²) in [6.45, 7) is 8.54. The molecule has 1 aromatic carbocycles. The average molecular weight is 286 g/mol. The largest absolute Gasteiger partial charge is 0.386 e. The third kappa shape index (κ3) is 3.35. The molecule has 0 saturated heterocycles. The Morgan fingerprint density at radius 1 is 1.10 bits per heavy atom. The molecule has 0 aliphatic rings. The van der Waals surface area contributed by atoms with Crippen LogP contribution in [0.25, 0.3) is 0 Å². The fraction of sp³-hybridized carbons (Fsp3) is 0.500. The van der Waals surface area contributed by atoms with E-state index in [1.54, 1.807) is 0 Å². The van der Waals surface area contributed by atoms with Crippen LogP contribution in [0.5, 0.6) is 0 Å². The standard InChI is InChI=1S/C18H26N2O/c1-5-15-12-16(6-2)20(19-15)17(13(3)4)18(21)14-10-8-7-9-11-14/h7-13,17-18,21H,5-6H2,1-4H3. The van der Waals surface area contributed by atoms with E-state index < -0.39 is 6.10 Å². The molecule has 0 radical (unpaired) electrons. The summed E-state index contributed by atoms with van der Waals surface area (Å²) in [5, 5.41) is 15.6. The van der Waals surface area contributed by atoms with Gasteiger partial charge in [0.1, 0.15) is 6.10 Å². The number of aliphatic hydroxyl groups is 1. The van der Waals surface area contributed by atoms with E-state index in [4.69, 9.17) is 5.10 Å². The van der Waals surface area contributed by atoms with Crippen molar-refractivity contribution in [2.24, 2.45) is 5.92 Å². The van der Waals surface area contributed by atoms with Crippen molar-refractivity contribution >= 4 is 0 Å². The minimum atomic E-state index is -0.541. The van der Waals surface area contributed by atoms with E-state index in [9.17, 15) is 5.11 Å². The number of benzene rings is 1. The quantitative estimate of drug-likeness (QED) is 0.873. The van der Waals surface area contributed by atoms with Crippen molar-refractivity contribution < 1.29 is 5.11 Å². The van der Waals surface area contributed by atoms with E-state index in [0.29, 0.717) is 5.92 Å². The SMILES string of the molecule is CCc1cc(CC)n(C(C(C)C)C(O)c2ccccc2)n1. The highest BCUT2D eigenvalue weighted by Gasteiger charge is 2.28. The Hall–Kier alpha value is -1.61. The summed E-state index contributed by atoms with van der Waals surface area (Å²) in [5.41, 5.74) is 3.24. The fourth-order valence-corrected chi connectivity index (χ4v) is 2.81. The van der Waals surface area contributed by atoms with Crippen molar-refractivity contribution in [1.29, 1.82) is 0 Å². The lowest BCUT2D eigenvalue weighted by atomic mass is 9.93. The normalized spacial score (nSPS) is 14.4. The number of hydrogen-bond donors (Lipinski definition) is 1. The Morgan fingerprint density at radius 3 is 2.29 bits per heavy atom. The maximum atomic E-state index is 10.8. The Labute approximate surface area is 127 Å². The molecular weight excluding hydrogens is 260 g/mol. The molecule has 2 rings (SSSR count). The van der Waals surface area contributed by atoms with Gasteiger partial charge in [-0.15, -0.1) is 0 Å². The molecule has 2 unspecified atom stereocenters. The van der Waals surface area contributed by atoms with Crippen LogP contribution in [0.2, 0.25) is 0 Å². The van der Waals surface area contributed by atoms with Crippen molar-refractivity contribution in [3.63, 3.8) is 0 Å². The molecular formula is C18H26N2O. The van der Waals surface area contributed by atoms with Gasteiger partial charge in [-0.05, 0) is 30.4 Å². The van der Waals surface area contributed by atoms with Crippen molar-refractivity contribution in [3.05, 3.63) is 53.3 Å². The van der Waals surface area contributed by atoms with Gasteiger partial charge in [-0.1, -0.05) is 58.0 Å². The first-order chi connectivity index (χ1) is 10.1. The molecule has 2 atom stereocenters. The first kappa shape index (κ1) is 15.8. The van der Waals surface area contributed by atoms with Crippen LogP contribution in [0.15, 0.2) is 36.4 Å². The van der Waals surface area contributed by atoms with Crippen molar-refractivity contribution in [2.45, 2.75) is 52.7 Å². The van der Waals surface area contributed by atoms with Crippen LogP contribution in [-0.2, 0) is 12.8 Å². The molecule has 0 aliphatic carbocycles. The molecule has 0 aliphatic heterocycles. The topological polar surface area (TPSA) is 38.0 Å². The molecule has 2 aromatic rings. The average Bonchev–Trinajstić information content (AvgIpc) is 2.91. The summed E-state index contributed by atoms with van der Waals surface area (Å²) in [5.74, 6) is 0.301. The van der Waals surface area contributed by atoms with Gasteiger partial charge < -0.3 is 5.11 Å². The molecule has 1 N–H and O–H groups in total. The molecule has 0 saturated carbocycles. The van der Waals surface area contributed by atoms with E-state index in [1.807, 2.05) is 35.0 Å². The first-order valence-corrected chi connectivity index (χ1v) is 7.88. The van der Waals surface area contributed by atoms with Crippen molar-refractivity contribution in [2.75, 3.05) is 0 Å². The first-order valence-electron chi connectivity index (χ1n) is 7.88. The third-order valence-electron chi connectivity index (χ3n) is 4.02. The number of aromatic nitrogens is 2. The molecule has 3 nitrogen and oxygen atoms in total. The number of aliphatic hydroxyl groups excluding tert-OH is 1. The van der Waals surface area contributed by atoms with Crippen LogP contribution >= 0.6 is 0 Å². The number of aryl methyl sites for hydroxylation is 2. The maximum absolute atomic E-state index is 10.8. The summed E-state index contributed by atoms with van der Waals surface area (Å²) in [7, 11) is 0. The molecule has 0 fully saturated rings. The van der Waals surface area contributed by atoms with Gasteiger partial charge in [0.25, 0.3) is 0 Å². The van der Waals surface area contributed by atoms with Gasteiger partial charge in [-0.3, -0.25) is 4.68 Å². The Bertz CT molecular complexity index is 560.